The van der Waals surface area contributed by atoms with Gasteiger partial charge in [0.25, 0.3) is 0 Å². The number of nitrogens with zero attached hydrogens (tertiary/aromatic N) is 2. The van der Waals surface area contributed by atoms with Gasteiger partial charge >= 0.3 is 0 Å². The molecule has 1 saturated heterocycles. The number of benzene rings is 1. The number of hydrogen-bond donors (Lipinski definition) is 0. The van der Waals surface area contributed by atoms with Crippen molar-refractivity contribution < 1.29 is 9.47 Å². The standard InChI is InChI=1S/C20H33ClN2O2/c1-5-20(2,3)17-6-7-19(18(21)16-17)25-15-14-24-13-12-23-10-8-22(4)9-11-23/h6-7,16H,5,8-15H2,1-4H3. The molecule has 1 aliphatic rings. The summed E-state index contributed by atoms with van der Waals surface area (Å²) in [6, 6.07) is 6.10. The van der Waals surface area contributed by atoms with Crippen LogP contribution in [0.25, 0.3) is 0 Å². The highest BCUT2D eigenvalue weighted by Crippen LogP contribution is 2.33. The zero-order chi connectivity index (χ0) is 18.3. The van der Waals surface area contributed by atoms with Crippen LogP contribution in [0.4, 0.5) is 0 Å². The van der Waals surface area contributed by atoms with Gasteiger partial charge in [0.1, 0.15) is 12.4 Å². The number of likely N-dealkylation sites (N-methyl/N-ethyl adjacent to an activating group) is 1. The van der Waals surface area contributed by atoms with Gasteiger partial charge in [-0.1, -0.05) is 38.4 Å². The Morgan fingerprint density at radius 3 is 2.44 bits per heavy atom. The molecule has 5 heteroatoms. The quantitative estimate of drug-likeness (QED) is 0.621. The molecule has 0 amide bonds. The molecule has 1 aromatic carbocycles. The van der Waals surface area contributed by atoms with Gasteiger partial charge in [-0.3, -0.25) is 4.90 Å². The predicted octanol–water partition coefficient (Wildman–Crippen LogP) is 3.67. The zero-order valence-corrected chi connectivity index (χ0v) is 16.9. The number of halogens is 1. The van der Waals surface area contributed by atoms with E-state index in [4.69, 9.17) is 21.1 Å². The average Bonchev–Trinajstić information content (AvgIpc) is 2.60. The van der Waals surface area contributed by atoms with Crippen molar-refractivity contribution in [3.63, 3.8) is 0 Å². The lowest BCUT2D eigenvalue weighted by Crippen LogP contribution is -2.45. The largest absolute Gasteiger partial charge is 0.490 e. The molecule has 1 heterocycles. The van der Waals surface area contributed by atoms with Crippen LogP contribution in [-0.4, -0.2) is 69.4 Å². The first-order valence-electron chi connectivity index (χ1n) is 9.34. The monoisotopic (exact) mass is 368 g/mol. The fraction of sp³-hybridized carbons (Fsp3) is 0.700. The number of rotatable bonds is 9. The molecule has 1 aliphatic heterocycles. The lowest BCUT2D eigenvalue weighted by molar-refractivity contribution is 0.0658. The third-order valence-corrected chi connectivity index (χ3v) is 5.53. The lowest BCUT2D eigenvalue weighted by atomic mass is 9.82. The molecule has 0 aliphatic carbocycles. The number of ether oxygens (including phenoxy) is 2. The van der Waals surface area contributed by atoms with E-state index < -0.39 is 0 Å². The molecule has 1 fully saturated rings. The van der Waals surface area contributed by atoms with E-state index in [-0.39, 0.29) is 5.41 Å². The molecular weight excluding hydrogens is 336 g/mol. The van der Waals surface area contributed by atoms with E-state index >= 15 is 0 Å². The van der Waals surface area contributed by atoms with Gasteiger partial charge < -0.3 is 14.4 Å². The zero-order valence-electron chi connectivity index (χ0n) is 16.2. The van der Waals surface area contributed by atoms with Gasteiger partial charge in [0, 0.05) is 32.7 Å². The molecule has 0 spiro atoms. The van der Waals surface area contributed by atoms with E-state index in [1.165, 1.54) is 5.56 Å². The minimum Gasteiger partial charge on any atom is -0.490 e. The van der Waals surface area contributed by atoms with Gasteiger partial charge in [0.05, 0.1) is 18.2 Å². The average molecular weight is 369 g/mol. The van der Waals surface area contributed by atoms with E-state index in [1.54, 1.807) is 0 Å². The topological polar surface area (TPSA) is 24.9 Å². The summed E-state index contributed by atoms with van der Waals surface area (Å²) in [6.07, 6.45) is 1.07. The van der Waals surface area contributed by atoms with E-state index in [1.807, 2.05) is 12.1 Å². The van der Waals surface area contributed by atoms with E-state index in [0.717, 1.165) is 51.5 Å². The Balaban J connectivity index is 1.65. The van der Waals surface area contributed by atoms with Gasteiger partial charge in [-0.15, -0.1) is 0 Å². The van der Waals surface area contributed by atoms with Crippen LogP contribution in [0, 0.1) is 0 Å². The molecule has 0 saturated carbocycles. The molecule has 0 N–H and O–H groups in total. The molecule has 1 aromatic rings. The molecule has 0 aromatic heterocycles. The summed E-state index contributed by atoms with van der Waals surface area (Å²) in [7, 11) is 2.17. The number of hydrogen-bond acceptors (Lipinski definition) is 4. The van der Waals surface area contributed by atoms with E-state index in [9.17, 15) is 0 Å². The Morgan fingerprint density at radius 1 is 1.08 bits per heavy atom. The van der Waals surface area contributed by atoms with Crippen molar-refractivity contribution in [1.29, 1.82) is 0 Å². The molecule has 0 bridgehead atoms. The highest BCUT2D eigenvalue weighted by molar-refractivity contribution is 6.32. The second-order valence-electron chi connectivity index (χ2n) is 7.49. The van der Waals surface area contributed by atoms with E-state index in [0.29, 0.717) is 18.2 Å². The Morgan fingerprint density at radius 2 is 1.80 bits per heavy atom. The summed E-state index contributed by atoms with van der Waals surface area (Å²) in [6.45, 7) is 14.1. The highest BCUT2D eigenvalue weighted by atomic mass is 35.5. The smallest absolute Gasteiger partial charge is 0.138 e. The van der Waals surface area contributed by atoms with Crippen molar-refractivity contribution in [3.05, 3.63) is 28.8 Å². The third kappa shape index (κ3) is 6.45. The van der Waals surface area contributed by atoms with E-state index in [2.05, 4.69) is 43.7 Å². The normalized spacial score (nSPS) is 17.0. The van der Waals surface area contributed by atoms with Crippen molar-refractivity contribution in [2.24, 2.45) is 0 Å². The van der Waals surface area contributed by atoms with Crippen LogP contribution in [0.2, 0.25) is 5.02 Å². The van der Waals surface area contributed by atoms with Crippen molar-refractivity contribution in [3.8, 4) is 5.75 Å². The summed E-state index contributed by atoms with van der Waals surface area (Å²) in [5.74, 6) is 0.736. The van der Waals surface area contributed by atoms with Gasteiger partial charge in [-0.05, 0) is 36.6 Å². The van der Waals surface area contributed by atoms with Crippen molar-refractivity contribution in [2.45, 2.75) is 32.6 Å². The van der Waals surface area contributed by atoms with Crippen molar-refractivity contribution in [2.75, 3.05) is 59.6 Å². The Kier molecular flexibility index (Phi) is 8.01. The van der Waals surface area contributed by atoms with Crippen molar-refractivity contribution in [1.82, 2.24) is 9.80 Å². The van der Waals surface area contributed by atoms with Gasteiger partial charge in [0.15, 0.2) is 0 Å². The predicted molar refractivity (Wildman–Crippen MR) is 105 cm³/mol. The minimum absolute atomic E-state index is 0.133. The molecule has 0 radical (unpaired) electrons. The molecule has 25 heavy (non-hydrogen) atoms. The minimum atomic E-state index is 0.133. The summed E-state index contributed by atoms with van der Waals surface area (Å²) in [5.41, 5.74) is 1.38. The van der Waals surface area contributed by atoms with Crippen LogP contribution >= 0.6 is 11.6 Å². The number of piperazine rings is 1. The Hall–Kier alpha value is -0.810. The van der Waals surface area contributed by atoms with Crippen LogP contribution in [0.1, 0.15) is 32.8 Å². The molecule has 0 atom stereocenters. The molecule has 4 nitrogen and oxygen atoms in total. The highest BCUT2D eigenvalue weighted by Gasteiger charge is 2.19. The molecule has 142 valence electrons. The first-order chi connectivity index (χ1) is 11.9. The first-order valence-corrected chi connectivity index (χ1v) is 9.71. The summed E-state index contributed by atoms with van der Waals surface area (Å²) in [5, 5.41) is 0.677. The van der Waals surface area contributed by atoms with Crippen LogP contribution in [0.5, 0.6) is 5.75 Å². The SMILES string of the molecule is CCC(C)(C)c1ccc(OCCOCCN2CCN(C)CC2)c(Cl)c1. The Bertz CT molecular complexity index is 528. The van der Waals surface area contributed by atoms with Crippen LogP contribution < -0.4 is 4.74 Å². The van der Waals surface area contributed by atoms with Crippen molar-refractivity contribution >= 4 is 11.6 Å². The fourth-order valence-corrected chi connectivity index (χ4v) is 3.06. The second-order valence-corrected chi connectivity index (χ2v) is 7.90. The molecule has 0 unspecified atom stereocenters. The molecular formula is C20H33ClN2O2. The Labute approximate surface area is 158 Å². The summed E-state index contributed by atoms with van der Waals surface area (Å²) < 4.78 is 11.5. The fourth-order valence-electron chi connectivity index (χ4n) is 2.82. The van der Waals surface area contributed by atoms with Gasteiger partial charge in [-0.2, -0.15) is 0 Å². The summed E-state index contributed by atoms with van der Waals surface area (Å²) in [4.78, 5) is 4.81. The third-order valence-electron chi connectivity index (χ3n) is 5.23. The van der Waals surface area contributed by atoms with Gasteiger partial charge in [0.2, 0.25) is 0 Å². The maximum Gasteiger partial charge on any atom is 0.138 e. The lowest BCUT2D eigenvalue weighted by Gasteiger charge is -2.32. The second kappa shape index (κ2) is 9.77. The maximum absolute atomic E-state index is 6.37. The maximum atomic E-state index is 6.37. The van der Waals surface area contributed by atoms with Gasteiger partial charge in [-0.25, -0.2) is 0 Å². The summed E-state index contributed by atoms with van der Waals surface area (Å²) >= 11 is 6.37. The van der Waals surface area contributed by atoms with Crippen LogP contribution in [-0.2, 0) is 10.2 Å². The van der Waals surface area contributed by atoms with Crippen LogP contribution in [0.15, 0.2) is 18.2 Å². The molecule has 2 rings (SSSR count). The first kappa shape index (κ1) is 20.5. The van der Waals surface area contributed by atoms with Crippen LogP contribution in [0.3, 0.4) is 0 Å².